The van der Waals surface area contributed by atoms with Crippen LogP contribution in [0.5, 0.6) is 0 Å². The summed E-state index contributed by atoms with van der Waals surface area (Å²) >= 11 is 0. The number of hydrogen-bond acceptors (Lipinski definition) is 4. The van der Waals surface area contributed by atoms with Gasteiger partial charge in [-0.25, -0.2) is 0 Å². The summed E-state index contributed by atoms with van der Waals surface area (Å²) in [6.07, 6.45) is 6.21. The molecule has 18 heavy (non-hydrogen) atoms. The van der Waals surface area contributed by atoms with Gasteiger partial charge in [-0.2, -0.15) is 0 Å². The van der Waals surface area contributed by atoms with E-state index in [4.69, 9.17) is 0 Å². The highest BCUT2D eigenvalue weighted by atomic mass is 15.2. The van der Waals surface area contributed by atoms with Gasteiger partial charge in [0.2, 0.25) is 0 Å². The van der Waals surface area contributed by atoms with Crippen molar-refractivity contribution in [2.75, 3.05) is 18.4 Å². The molecule has 0 aliphatic carbocycles. The summed E-state index contributed by atoms with van der Waals surface area (Å²) in [6, 6.07) is 6.44. The molecule has 0 bridgehead atoms. The van der Waals surface area contributed by atoms with Crippen molar-refractivity contribution in [3.8, 4) is 11.3 Å². The van der Waals surface area contributed by atoms with E-state index < -0.39 is 0 Å². The van der Waals surface area contributed by atoms with Gasteiger partial charge in [0.25, 0.3) is 0 Å². The average Bonchev–Trinajstić information content (AvgIpc) is 2.95. The fourth-order valence-electron chi connectivity index (χ4n) is 2.23. The number of piperidine rings is 1. The lowest BCUT2D eigenvalue weighted by Crippen LogP contribution is -2.38. The summed E-state index contributed by atoms with van der Waals surface area (Å²) in [6.45, 7) is 2.12. The van der Waals surface area contributed by atoms with E-state index in [0.29, 0.717) is 6.04 Å². The molecule has 0 saturated carbocycles. The number of anilines is 1. The molecule has 3 rings (SSSR count). The van der Waals surface area contributed by atoms with E-state index >= 15 is 0 Å². The minimum Gasteiger partial charge on any atom is -0.367 e. The number of aromatic amines is 1. The Morgan fingerprint density at radius 2 is 2.22 bits per heavy atom. The van der Waals surface area contributed by atoms with Crippen molar-refractivity contribution in [1.82, 2.24) is 20.5 Å². The summed E-state index contributed by atoms with van der Waals surface area (Å²) < 4.78 is 0. The smallest absolute Gasteiger partial charge is 0.148 e. The number of aromatic nitrogens is 3. The monoisotopic (exact) mass is 243 g/mol. The van der Waals surface area contributed by atoms with E-state index in [0.717, 1.165) is 30.2 Å². The molecule has 0 radical (unpaired) electrons. The molecule has 3 N–H and O–H groups in total. The minimum absolute atomic E-state index is 0.464. The summed E-state index contributed by atoms with van der Waals surface area (Å²) in [4.78, 5) is 3.02. The van der Waals surface area contributed by atoms with E-state index in [1.165, 1.54) is 12.8 Å². The summed E-state index contributed by atoms with van der Waals surface area (Å²) in [7, 11) is 0. The molecule has 3 heterocycles. The molecule has 1 aliphatic rings. The average molecular weight is 243 g/mol. The van der Waals surface area contributed by atoms with Gasteiger partial charge in [0.05, 0.1) is 5.69 Å². The molecular weight excluding hydrogens is 226 g/mol. The first-order chi connectivity index (χ1) is 8.92. The van der Waals surface area contributed by atoms with Gasteiger partial charge in [-0.3, -0.25) is 0 Å². The van der Waals surface area contributed by atoms with Gasteiger partial charge in [0, 0.05) is 30.5 Å². The zero-order valence-corrected chi connectivity index (χ0v) is 10.2. The molecule has 1 atom stereocenters. The predicted molar refractivity (Wildman–Crippen MR) is 71.3 cm³/mol. The molecule has 5 nitrogen and oxygen atoms in total. The SMILES string of the molecule is c1cc(-c2ccc(NC3CCCNC3)nn2)c[nH]1. The Balaban J connectivity index is 1.67. The molecule has 1 fully saturated rings. The number of H-pyrrole nitrogens is 1. The van der Waals surface area contributed by atoms with Gasteiger partial charge in [0.15, 0.2) is 0 Å². The lowest BCUT2D eigenvalue weighted by molar-refractivity contribution is 0.478. The molecule has 0 spiro atoms. The molecule has 0 aromatic carbocycles. The van der Waals surface area contributed by atoms with Crippen LogP contribution in [0, 0.1) is 0 Å². The Morgan fingerprint density at radius 1 is 1.22 bits per heavy atom. The third-order valence-corrected chi connectivity index (χ3v) is 3.21. The van der Waals surface area contributed by atoms with Gasteiger partial charge >= 0.3 is 0 Å². The highest BCUT2D eigenvalue weighted by Crippen LogP contribution is 2.16. The van der Waals surface area contributed by atoms with E-state index in [1.54, 1.807) is 0 Å². The first kappa shape index (κ1) is 11.2. The van der Waals surface area contributed by atoms with Crippen LogP contribution >= 0.6 is 0 Å². The van der Waals surface area contributed by atoms with Gasteiger partial charge in [0.1, 0.15) is 5.82 Å². The number of rotatable bonds is 3. The molecule has 94 valence electrons. The summed E-state index contributed by atoms with van der Waals surface area (Å²) in [5, 5.41) is 15.2. The maximum atomic E-state index is 4.23. The normalized spacial score (nSPS) is 19.7. The molecule has 0 amide bonds. The highest BCUT2D eigenvalue weighted by molar-refractivity contribution is 5.58. The highest BCUT2D eigenvalue weighted by Gasteiger charge is 2.13. The third-order valence-electron chi connectivity index (χ3n) is 3.21. The number of hydrogen-bond donors (Lipinski definition) is 3. The van der Waals surface area contributed by atoms with Gasteiger partial charge in [-0.15, -0.1) is 10.2 Å². The second-order valence-corrected chi connectivity index (χ2v) is 4.59. The molecule has 2 aromatic rings. The molecule has 5 heteroatoms. The van der Waals surface area contributed by atoms with E-state index in [-0.39, 0.29) is 0 Å². The second kappa shape index (κ2) is 5.18. The van der Waals surface area contributed by atoms with Gasteiger partial charge < -0.3 is 15.6 Å². The fourth-order valence-corrected chi connectivity index (χ4v) is 2.23. The van der Waals surface area contributed by atoms with Crippen LogP contribution in [0.4, 0.5) is 5.82 Å². The van der Waals surface area contributed by atoms with E-state index in [1.807, 2.05) is 30.6 Å². The lowest BCUT2D eigenvalue weighted by atomic mass is 10.1. The van der Waals surface area contributed by atoms with Crippen LogP contribution in [0.2, 0.25) is 0 Å². The van der Waals surface area contributed by atoms with Crippen LogP contribution in [0.3, 0.4) is 0 Å². The van der Waals surface area contributed by atoms with Crippen LogP contribution in [0.15, 0.2) is 30.6 Å². The Morgan fingerprint density at radius 3 is 2.89 bits per heavy atom. The summed E-state index contributed by atoms with van der Waals surface area (Å²) in [5.74, 6) is 0.850. The molecule has 2 aromatic heterocycles. The molecule has 1 saturated heterocycles. The van der Waals surface area contributed by atoms with Gasteiger partial charge in [-0.1, -0.05) is 0 Å². The van der Waals surface area contributed by atoms with Crippen LogP contribution in [-0.2, 0) is 0 Å². The van der Waals surface area contributed by atoms with E-state index in [9.17, 15) is 0 Å². The number of nitrogens with zero attached hydrogens (tertiary/aromatic N) is 2. The first-order valence-corrected chi connectivity index (χ1v) is 6.36. The third kappa shape index (κ3) is 2.51. The van der Waals surface area contributed by atoms with Crippen molar-refractivity contribution in [3.05, 3.63) is 30.6 Å². The zero-order valence-electron chi connectivity index (χ0n) is 10.2. The lowest BCUT2D eigenvalue weighted by Gasteiger charge is -2.23. The van der Waals surface area contributed by atoms with Crippen molar-refractivity contribution in [3.63, 3.8) is 0 Å². The Labute approximate surface area is 106 Å². The maximum absolute atomic E-state index is 4.23. The quantitative estimate of drug-likeness (QED) is 0.766. The minimum atomic E-state index is 0.464. The molecule has 1 aliphatic heterocycles. The summed E-state index contributed by atoms with van der Waals surface area (Å²) in [5.41, 5.74) is 1.96. The predicted octanol–water partition coefficient (Wildman–Crippen LogP) is 1.64. The van der Waals surface area contributed by atoms with Crippen molar-refractivity contribution >= 4 is 5.82 Å². The largest absolute Gasteiger partial charge is 0.367 e. The van der Waals surface area contributed by atoms with E-state index in [2.05, 4.69) is 25.8 Å². The van der Waals surface area contributed by atoms with Crippen molar-refractivity contribution in [2.24, 2.45) is 0 Å². The van der Waals surface area contributed by atoms with Crippen LogP contribution in [-0.4, -0.2) is 34.3 Å². The van der Waals surface area contributed by atoms with Crippen LogP contribution < -0.4 is 10.6 Å². The Kier molecular flexibility index (Phi) is 3.23. The van der Waals surface area contributed by atoms with Crippen molar-refractivity contribution in [1.29, 1.82) is 0 Å². The van der Waals surface area contributed by atoms with Crippen LogP contribution in [0.1, 0.15) is 12.8 Å². The zero-order chi connectivity index (χ0) is 12.2. The molecule has 1 unspecified atom stereocenters. The van der Waals surface area contributed by atoms with Crippen molar-refractivity contribution in [2.45, 2.75) is 18.9 Å². The van der Waals surface area contributed by atoms with Gasteiger partial charge in [-0.05, 0) is 37.6 Å². The molecular formula is C13H17N5. The maximum Gasteiger partial charge on any atom is 0.148 e. The fraction of sp³-hybridized carbons (Fsp3) is 0.385. The Hall–Kier alpha value is -1.88. The number of nitrogens with one attached hydrogen (secondary N) is 3. The van der Waals surface area contributed by atoms with Crippen LogP contribution in [0.25, 0.3) is 11.3 Å². The second-order valence-electron chi connectivity index (χ2n) is 4.59. The van der Waals surface area contributed by atoms with Crippen molar-refractivity contribution < 1.29 is 0 Å². The topological polar surface area (TPSA) is 65.6 Å². The standard InChI is InChI=1S/C13H17N5/c1-2-11(9-14-6-1)16-13-4-3-12(17-18-13)10-5-7-15-8-10/h3-5,7-8,11,14-15H,1-2,6,9H2,(H,16,18). The first-order valence-electron chi connectivity index (χ1n) is 6.36. The Bertz CT molecular complexity index is 471.